The number of aromatic nitrogens is 1. The molecular weight excluding hydrogens is 466 g/mol. The van der Waals surface area contributed by atoms with E-state index in [1.165, 1.54) is 39.4 Å². The molecular formula is C30H31N3O2S. The fraction of sp³-hybridized carbons (Fsp3) is 0.300. The number of thiophene rings is 1. The van der Waals surface area contributed by atoms with Gasteiger partial charge in [-0.15, -0.1) is 11.3 Å². The monoisotopic (exact) mass is 497 g/mol. The molecule has 2 aliphatic rings. The van der Waals surface area contributed by atoms with Gasteiger partial charge in [-0.25, -0.2) is 4.79 Å². The third kappa shape index (κ3) is 3.90. The van der Waals surface area contributed by atoms with Crippen molar-refractivity contribution in [3.63, 3.8) is 0 Å². The summed E-state index contributed by atoms with van der Waals surface area (Å²) in [4.78, 5) is 17.6. The number of rotatable bonds is 3. The van der Waals surface area contributed by atoms with Crippen LogP contribution >= 0.6 is 11.3 Å². The Morgan fingerprint density at radius 2 is 1.78 bits per heavy atom. The number of nitrogens with one attached hydrogen (secondary N) is 1. The highest BCUT2D eigenvalue weighted by Crippen LogP contribution is 2.44. The molecule has 0 saturated heterocycles. The fourth-order valence-corrected chi connectivity index (χ4v) is 7.00. The van der Waals surface area contributed by atoms with Gasteiger partial charge in [0.15, 0.2) is 0 Å². The van der Waals surface area contributed by atoms with Crippen molar-refractivity contribution >= 4 is 23.1 Å². The minimum atomic E-state index is -0.213. The second kappa shape index (κ2) is 9.17. The number of carbonyl (C=O) groups is 1. The third-order valence-corrected chi connectivity index (χ3v) is 8.76. The predicted octanol–water partition coefficient (Wildman–Crippen LogP) is 7.18. The summed E-state index contributed by atoms with van der Waals surface area (Å²) in [6.45, 7) is 4.69. The molecule has 0 unspecified atom stereocenters. The summed E-state index contributed by atoms with van der Waals surface area (Å²) in [5.74, 6) is 0.660. The number of methoxy groups -OCH3 is 1. The molecule has 2 amide bonds. The summed E-state index contributed by atoms with van der Waals surface area (Å²) in [7, 11) is 1.64. The lowest BCUT2D eigenvalue weighted by Gasteiger charge is -2.31. The van der Waals surface area contributed by atoms with Gasteiger partial charge in [0.25, 0.3) is 0 Å². The van der Waals surface area contributed by atoms with Crippen LogP contribution in [0.25, 0.3) is 5.00 Å². The maximum Gasteiger partial charge on any atom is 0.323 e. The van der Waals surface area contributed by atoms with E-state index in [2.05, 4.69) is 59.4 Å². The Kier molecular flexibility index (Phi) is 5.84. The summed E-state index contributed by atoms with van der Waals surface area (Å²) in [5.41, 5.74) is 7.94. The average molecular weight is 498 g/mol. The van der Waals surface area contributed by atoms with Crippen LogP contribution in [0.15, 0.2) is 60.8 Å². The maximum atomic E-state index is 14.1. The van der Waals surface area contributed by atoms with Gasteiger partial charge < -0.3 is 19.5 Å². The molecule has 5 nitrogen and oxygen atoms in total. The Balaban J connectivity index is 1.49. The first kappa shape index (κ1) is 22.9. The number of ether oxygens (including phenoxy) is 1. The quantitative estimate of drug-likeness (QED) is 0.326. The molecule has 2 aromatic heterocycles. The zero-order valence-electron chi connectivity index (χ0n) is 21.0. The number of fused-ring (bicyclic) bond motifs is 5. The molecule has 0 spiro atoms. The number of hydrogen-bond donors (Lipinski definition) is 1. The summed E-state index contributed by atoms with van der Waals surface area (Å²) in [6, 6.07) is 18.4. The van der Waals surface area contributed by atoms with Gasteiger partial charge in [0.2, 0.25) is 0 Å². The summed E-state index contributed by atoms with van der Waals surface area (Å²) in [6.07, 6.45) is 6.84. The van der Waals surface area contributed by atoms with Gasteiger partial charge >= 0.3 is 6.03 Å². The van der Waals surface area contributed by atoms with Crippen LogP contribution in [0.4, 0.5) is 10.5 Å². The van der Waals surface area contributed by atoms with Gasteiger partial charge in [-0.2, -0.15) is 0 Å². The number of hydrogen-bond acceptors (Lipinski definition) is 3. The zero-order chi connectivity index (χ0) is 24.8. The molecule has 4 aromatic rings. The first-order valence-corrected chi connectivity index (χ1v) is 13.4. The van der Waals surface area contributed by atoms with E-state index in [0.29, 0.717) is 18.0 Å². The molecule has 1 atom stereocenters. The SMILES string of the molecule is COc1ccc(C)cc1NC(=O)N1Cc2c(sc3c2CCCC3)-n2cccc2[C@@H]1c1ccc(C)cc1. The van der Waals surface area contributed by atoms with Crippen molar-refractivity contribution in [2.75, 3.05) is 12.4 Å². The Labute approximate surface area is 216 Å². The van der Waals surface area contributed by atoms with Crippen LogP contribution < -0.4 is 10.1 Å². The maximum absolute atomic E-state index is 14.1. The smallest absolute Gasteiger partial charge is 0.323 e. The first-order valence-electron chi connectivity index (χ1n) is 12.6. The van der Waals surface area contributed by atoms with Crippen LogP contribution in [0.1, 0.15) is 57.3 Å². The van der Waals surface area contributed by atoms with Crippen molar-refractivity contribution in [1.82, 2.24) is 9.47 Å². The van der Waals surface area contributed by atoms with Crippen molar-refractivity contribution < 1.29 is 9.53 Å². The molecule has 1 aliphatic carbocycles. The molecule has 6 rings (SSSR count). The van der Waals surface area contributed by atoms with Gasteiger partial charge in [0.05, 0.1) is 31.1 Å². The van der Waals surface area contributed by atoms with Gasteiger partial charge in [0, 0.05) is 16.6 Å². The van der Waals surface area contributed by atoms with Crippen LogP contribution in [0.5, 0.6) is 5.75 Å². The molecule has 1 aliphatic heterocycles. The Morgan fingerprint density at radius 3 is 2.58 bits per heavy atom. The highest BCUT2D eigenvalue weighted by Gasteiger charge is 2.36. The Hall–Kier alpha value is -3.51. The molecule has 6 heteroatoms. The highest BCUT2D eigenvalue weighted by molar-refractivity contribution is 7.15. The van der Waals surface area contributed by atoms with Gasteiger partial charge in [0.1, 0.15) is 10.8 Å². The number of carbonyl (C=O) groups excluding carboxylic acids is 1. The third-order valence-electron chi connectivity index (χ3n) is 7.43. The minimum Gasteiger partial charge on any atom is -0.495 e. The van der Waals surface area contributed by atoms with Crippen LogP contribution in [0, 0.1) is 13.8 Å². The van der Waals surface area contributed by atoms with E-state index in [0.717, 1.165) is 29.7 Å². The number of nitrogens with zero attached hydrogens (tertiary/aromatic N) is 2. The molecule has 2 aromatic carbocycles. The molecule has 184 valence electrons. The number of anilines is 1. The molecule has 0 saturated carbocycles. The van der Waals surface area contributed by atoms with Crippen LogP contribution in [0.3, 0.4) is 0 Å². The van der Waals surface area contributed by atoms with Crippen molar-refractivity contribution in [1.29, 1.82) is 0 Å². The van der Waals surface area contributed by atoms with E-state index in [4.69, 9.17) is 4.74 Å². The van der Waals surface area contributed by atoms with E-state index in [-0.39, 0.29) is 12.1 Å². The van der Waals surface area contributed by atoms with Crippen LogP contribution in [-0.2, 0) is 19.4 Å². The van der Waals surface area contributed by atoms with Gasteiger partial charge in [-0.05, 0) is 80.5 Å². The van der Waals surface area contributed by atoms with Crippen LogP contribution in [-0.4, -0.2) is 22.6 Å². The number of benzene rings is 2. The molecule has 0 radical (unpaired) electrons. The van der Waals surface area contributed by atoms with Crippen molar-refractivity contribution in [3.8, 4) is 10.8 Å². The zero-order valence-corrected chi connectivity index (χ0v) is 21.8. The first-order chi connectivity index (χ1) is 17.5. The average Bonchev–Trinajstić information content (AvgIpc) is 3.47. The predicted molar refractivity (Wildman–Crippen MR) is 146 cm³/mol. The lowest BCUT2D eigenvalue weighted by molar-refractivity contribution is 0.194. The highest BCUT2D eigenvalue weighted by atomic mass is 32.1. The van der Waals surface area contributed by atoms with Gasteiger partial charge in [-0.1, -0.05) is 35.9 Å². The molecule has 3 heterocycles. The van der Waals surface area contributed by atoms with E-state index in [9.17, 15) is 4.79 Å². The van der Waals surface area contributed by atoms with Crippen molar-refractivity contribution in [2.24, 2.45) is 0 Å². The summed E-state index contributed by atoms with van der Waals surface area (Å²) in [5, 5.41) is 4.46. The minimum absolute atomic E-state index is 0.124. The second-order valence-electron chi connectivity index (χ2n) is 9.87. The standard InChI is InChI=1S/C30H31N3O2S/c1-19-10-13-21(14-11-19)28-25-8-6-16-32(25)29-23(22-7-4-5-9-27(22)36-29)18-33(28)30(34)31-24-17-20(2)12-15-26(24)35-3/h6,8,10-17,28H,4-5,7,9,18H2,1-3H3,(H,31,34)/t28-/m0/s1. The van der Waals surface area contributed by atoms with Crippen molar-refractivity contribution in [3.05, 3.63) is 99.2 Å². The Bertz CT molecular complexity index is 1430. The van der Waals surface area contributed by atoms with Gasteiger partial charge in [-0.3, -0.25) is 0 Å². The van der Waals surface area contributed by atoms with E-state index in [1.807, 2.05) is 41.4 Å². The number of urea groups is 1. The summed E-state index contributed by atoms with van der Waals surface area (Å²) < 4.78 is 7.89. The molecule has 36 heavy (non-hydrogen) atoms. The Morgan fingerprint density at radius 1 is 1.00 bits per heavy atom. The fourth-order valence-electron chi connectivity index (χ4n) is 5.59. The second-order valence-corrected chi connectivity index (χ2v) is 11.0. The molecule has 0 bridgehead atoms. The van der Waals surface area contributed by atoms with E-state index in [1.54, 1.807) is 7.11 Å². The normalized spacial score (nSPS) is 16.5. The van der Waals surface area contributed by atoms with E-state index >= 15 is 0 Å². The lowest BCUT2D eigenvalue weighted by atomic mass is 9.95. The topological polar surface area (TPSA) is 46.5 Å². The number of aryl methyl sites for hydroxylation is 3. The van der Waals surface area contributed by atoms with Crippen LogP contribution in [0.2, 0.25) is 0 Å². The molecule has 1 N–H and O–H groups in total. The molecule has 0 fully saturated rings. The largest absolute Gasteiger partial charge is 0.495 e. The number of amides is 2. The van der Waals surface area contributed by atoms with Crippen molar-refractivity contribution in [2.45, 2.75) is 52.1 Å². The summed E-state index contributed by atoms with van der Waals surface area (Å²) >= 11 is 1.91. The lowest BCUT2D eigenvalue weighted by Crippen LogP contribution is -2.38. The van der Waals surface area contributed by atoms with E-state index < -0.39 is 0 Å².